The van der Waals surface area contributed by atoms with Crippen molar-refractivity contribution >= 4 is 21.4 Å². The Morgan fingerprint density at radius 1 is 1.22 bits per heavy atom. The molecule has 0 saturated heterocycles. The van der Waals surface area contributed by atoms with Crippen LogP contribution in [0.5, 0.6) is 0 Å². The van der Waals surface area contributed by atoms with E-state index in [2.05, 4.69) is 22.1 Å². The zero-order valence-corrected chi connectivity index (χ0v) is 11.0. The summed E-state index contributed by atoms with van der Waals surface area (Å²) in [7, 11) is 0. The predicted octanol–water partition coefficient (Wildman–Crippen LogP) is 3.27. The fraction of sp³-hybridized carbons (Fsp3) is 0.143. The topological polar surface area (TPSA) is 45.8 Å². The second kappa shape index (κ2) is 4.07. The largest absolute Gasteiger partial charge is 0.306 e. The minimum Gasteiger partial charge on any atom is -0.306 e. The summed E-state index contributed by atoms with van der Waals surface area (Å²) in [6.45, 7) is 3.65. The first-order valence-electron chi connectivity index (χ1n) is 5.71. The number of aromatic nitrogens is 2. The molecule has 0 bridgehead atoms. The van der Waals surface area contributed by atoms with Crippen LogP contribution in [0.3, 0.4) is 0 Å². The van der Waals surface area contributed by atoms with Crippen molar-refractivity contribution < 1.29 is 0 Å². The number of fused-ring (bicyclic) bond motifs is 1. The molecule has 0 unspecified atom stereocenters. The highest BCUT2D eigenvalue weighted by atomic mass is 32.1. The van der Waals surface area contributed by atoms with E-state index < -0.39 is 0 Å². The molecule has 1 aromatic carbocycles. The molecule has 0 saturated carbocycles. The SMILES string of the molecule is Cc1nc(-c2csc3ccccc23)[nH]c(=O)c1C. The van der Waals surface area contributed by atoms with Gasteiger partial charge < -0.3 is 4.98 Å². The third-order valence-corrected chi connectivity index (χ3v) is 4.09. The van der Waals surface area contributed by atoms with Gasteiger partial charge in [0.25, 0.3) is 5.56 Å². The molecule has 0 radical (unpaired) electrons. The van der Waals surface area contributed by atoms with Crippen molar-refractivity contribution in [2.45, 2.75) is 13.8 Å². The third-order valence-electron chi connectivity index (χ3n) is 3.13. The smallest absolute Gasteiger partial charge is 0.254 e. The molecule has 3 aromatic rings. The molecule has 4 heteroatoms. The van der Waals surface area contributed by atoms with Crippen molar-refractivity contribution in [2.75, 3.05) is 0 Å². The second-order valence-electron chi connectivity index (χ2n) is 4.27. The fourth-order valence-electron chi connectivity index (χ4n) is 1.93. The maximum absolute atomic E-state index is 11.8. The highest BCUT2D eigenvalue weighted by molar-refractivity contribution is 7.17. The van der Waals surface area contributed by atoms with E-state index in [9.17, 15) is 4.79 Å². The number of H-pyrrole nitrogens is 1. The van der Waals surface area contributed by atoms with Gasteiger partial charge in [-0.05, 0) is 19.9 Å². The van der Waals surface area contributed by atoms with Gasteiger partial charge >= 0.3 is 0 Å². The van der Waals surface area contributed by atoms with E-state index >= 15 is 0 Å². The van der Waals surface area contributed by atoms with Crippen molar-refractivity contribution in [3.8, 4) is 11.4 Å². The fourth-order valence-corrected chi connectivity index (χ4v) is 2.88. The van der Waals surface area contributed by atoms with Gasteiger partial charge in [0.2, 0.25) is 0 Å². The lowest BCUT2D eigenvalue weighted by Crippen LogP contribution is -2.14. The molecule has 0 aliphatic carbocycles. The average molecular weight is 256 g/mol. The van der Waals surface area contributed by atoms with Crippen LogP contribution in [0, 0.1) is 13.8 Å². The first-order chi connectivity index (χ1) is 8.66. The molecule has 0 spiro atoms. The summed E-state index contributed by atoms with van der Waals surface area (Å²) in [5.41, 5.74) is 2.39. The Hall–Kier alpha value is -1.94. The molecule has 0 atom stereocenters. The minimum absolute atomic E-state index is 0.0622. The van der Waals surface area contributed by atoms with Gasteiger partial charge in [0.05, 0.1) is 0 Å². The summed E-state index contributed by atoms with van der Waals surface area (Å²) in [4.78, 5) is 19.1. The Bertz CT molecular complexity index is 786. The molecule has 0 amide bonds. The normalized spacial score (nSPS) is 11.0. The molecule has 3 rings (SSSR count). The van der Waals surface area contributed by atoms with E-state index in [0.717, 1.165) is 16.6 Å². The predicted molar refractivity (Wildman–Crippen MR) is 75.2 cm³/mol. The second-order valence-corrected chi connectivity index (χ2v) is 5.18. The number of hydrogen-bond donors (Lipinski definition) is 1. The van der Waals surface area contributed by atoms with E-state index in [4.69, 9.17) is 0 Å². The van der Waals surface area contributed by atoms with Crippen LogP contribution in [0.1, 0.15) is 11.3 Å². The Labute approximate surface area is 108 Å². The number of nitrogens with zero attached hydrogens (tertiary/aromatic N) is 1. The first kappa shape index (κ1) is 11.2. The Morgan fingerprint density at radius 2 is 2.00 bits per heavy atom. The lowest BCUT2D eigenvalue weighted by Gasteiger charge is -2.03. The molecule has 3 nitrogen and oxygen atoms in total. The van der Waals surface area contributed by atoms with E-state index in [1.54, 1.807) is 18.3 Å². The monoisotopic (exact) mass is 256 g/mol. The van der Waals surface area contributed by atoms with Crippen molar-refractivity contribution in [2.24, 2.45) is 0 Å². The van der Waals surface area contributed by atoms with Gasteiger partial charge in [0.15, 0.2) is 0 Å². The molecule has 2 heterocycles. The number of rotatable bonds is 1. The van der Waals surface area contributed by atoms with E-state index in [1.165, 1.54) is 4.70 Å². The van der Waals surface area contributed by atoms with Crippen molar-refractivity contribution in [1.82, 2.24) is 9.97 Å². The van der Waals surface area contributed by atoms with Crippen molar-refractivity contribution in [3.05, 3.63) is 51.3 Å². The van der Waals surface area contributed by atoms with Crippen LogP contribution in [-0.2, 0) is 0 Å². The van der Waals surface area contributed by atoms with Crippen LogP contribution < -0.4 is 5.56 Å². The number of aromatic amines is 1. The van der Waals surface area contributed by atoms with Gasteiger partial charge in [0.1, 0.15) is 5.82 Å². The molecular formula is C14H12N2OS. The van der Waals surface area contributed by atoms with Crippen LogP contribution in [0.4, 0.5) is 0 Å². The molecule has 1 N–H and O–H groups in total. The summed E-state index contributed by atoms with van der Waals surface area (Å²) in [6, 6.07) is 8.13. The lowest BCUT2D eigenvalue weighted by atomic mass is 10.1. The van der Waals surface area contributed by atoms with Crippen molar-refractivity contribution in [3.63, 3.8) is 0 Å². The molecule has 18 heavy (non-hydrogen) atoms. The van der Waals surface area contributed by atoms with Gasteiger partial charge in [0, 0.05) is 32.3 Å². The lowest BCUT2D eigenvalue weighted by molar-refractivity contribution is 1.03. The van der Waals surface area contributed by atoms with Gasteiger partial charge in [-0.15, -0.1) is 11.3 Å². The Morgan fingerprint density at radius 3 is 2.78 bits per heavy atom. The standard InChI is InChI=1S/C14H12N2OS/c1-8-9(2)15-13(16-14(8)17)11-7-18-12-6-4-3-5-10(11)12/h3-7H,1-2H3,(H,15,16,17). The number of hydrogen-bond acceptors (Lipinski definition) is 3. The Kier molecular flexibility index (Phi) is 2.52. The average Bonchev–Trinajstić information content (AvgIpc) is 2.79. The van der Waals surface area contributed by atoms with Gasteiger partial charge in [-0.2, -0.15) is 0 Å². The number of aryl methyl sites for hydroxylation is 1. The summed E-state index contributed by atoms with van der Waals surface area (Å²) in [5.74, 6) is 0.653. The molecule has 90 valence electrons. The van der Waals surface area contributed by atoms with Crippen LogP contribution in [0.2, 0.25) is 0 Å². The highest BCUT2D eigenvalue weighted by Crippen LogP contribution is 2.31. The van der Waals surface area contributed by atoms with Crippen LogP contribution in [0.15, 0.2) is 34.4 Å². The third kappa shape index (κ3) is 1.66. The Balaban J connectivity index is 2.30. The summed E-state index contributed by atoms with van der Waals surface area (Å²) in [6.07, 6.45) is 0. The summed E-state index contributed by atoms with van der Waals surface area (Å²) in [5, 5.41) is 3.17. The van der Waals surface area contributed by atoms with Crippen LogP contribution in [0.25, 0.3) is 21.5 Å². The zero-order valence-electron chi connectivity index (χ0n) is 10.2. The number of benzene rings is 1. The van der Waals surface area contributed by atoms with Gasteiger partial charge in [-0.25, -0.2) is 4.98 Å². The van der Waals surface area contributed by atoms with Gasteiger partial charge in [-0.1, -0.05) is 18.2 Å². The molecular weight excluding hydrogens is 244 g/mol. The maximum atomic E-state index is 11.8. The molecule has 0 aliphatic rings. The maximum Gasteiger partial charge on any atom is 0.254 e. The van der Waals surface area contributed by atoms with Gasteiger partial charge in [-0.3, -0.25) is 4.79 Å². The number of nitrogens with one attached hydrogen (secondary N) is 1. The first-order valence-corrected chi connectivity index (χ1v) is 6.59. The number of thiophene rings is 1. The highest BCUT2D eigenvalue weighted by Gasteiger charge is 2.10. The van der Waals surface area contributed by atoms with Crippen LogP contribution in [-0.4, -0.2) is 9.97 Å². The summed E-state index contributed by atoms with van der Waals surface area (Å²) >= 11 is 1.66. The minimum atomic E-state index is -0.0622. The summed E-state index contributed by atoms with van der Waals surface area (Å²) < 4.78 is 1.20. The van der Waals surface area contributed by atoms with Crippen LogP contribution >= 0.6 is 11.3 Å². The zero-order chi connectivity index (χ0) is 12.7. The van der Waals surface area contributed by atoms with E-state index in [1.807, 2.05) is 24.4 Å². The molecule has 0 fully saturated rings. The quantitative estimate of drug-likeness (QED) is 0.726. The van der Waals surface area contributed by atoms with Crippen molar-refractivity contribution in [1.29, 1.82) is 0 Å². The van der Waals surface area contributed by atoms with E-state index in [-0.39, 0.29) is 5.56 Å². The molecule has 2 aromatic heterocycles. The van der Waals surface area contributed by atoms with E-state index in [0.29, 0.717) is 11.4 Å². The molecule has 0 aliphatic heterocycles.